The molecule has 1 unspecified atom stereocenters. The predicted molar refractivity (Wildman–Crippen MR) is 76.6 cm³/mol. The second-order valence-corrected chi connectivity index (χ2v) is 5.46. The van der Waals surface area contributed by atoms with E-state index in [-0.39, 0.29) is 17.8 Å². The smallest absolute Gasteiger partial charge is 0.312 e. The lowest BCUT2D eigenvalue weighted by Gasteiger charge is -2.16. The number of hydrogen-bond acceptors (Lipinski definition) is 6. The normalized spacial score (nSPS) is 18.8. The van der Waals surface area contributed by atoms with Crippen LogP contribution in [0.15, 0.2) is 33.6 Å². The van der Waals surface area contributed by atoms with Crippen LogP contribution in [0.5, 0.6) is 0 Å². The third-order valence-corrected chi connectivity index (χ3v) is 4.06. The van der Waals surface area contributed by atoms with Gasteiger partial charge in [0.2, 0.25) is 11.8 Å². The van der Waals surface area contributed by atoms with E-state index in [0.29, 0.717) is 18.9 Å². The molecule has 2 heterocycles. The van der Waals surface area contributed by atoms with Crippen molar-refractivity contribution >= 4 is 29.4 Å². The van der Waals surface area contributed by atoms with Gasteiger partial charge in [0, 0.05) is 23.5 Å². The molecule has 1 aromatic carbocycles. The molecule has 6 nitrogen and oxygen atoms in total. The molecule has 1 atom stereocenters. The Kier molecular flexibility index (Phi) is 3.35. The van der Waals surface area contributed by atoms with Gasteiger partial charge in [0.1, 0.15) is 0 Å². The van der Waals surface area contributed by atoms with E-state index in [0.717, 1.165) is 5.69 Å². The van der Waals surface area contributed by atoms with Crippen LogP contribution < -0.4 is 10.6 Å². The number of carbonyl (C=O) groups excluding carboxylic acids is 1. The number of nitrogen functional groups attached to an aromatic ring is 1. The van der Waals surface area contributed by atoms with Crippen molar-refractivity contribution in [1.82, 2.24) is 10.2 Å². The molecule has 2 aromatic rings. The van der Waals surface area contributed by atoms with E-state index in [1.54, 1.807) is 16.7 Å². The first kappa shape index (κ1) is 13.0. The molecule has 1 aromatic heterocycles. The lowest BCUT2D eigenvalue weighted by atomic mass is 10.1. The maximum absolute atomic E-state index is 12.1. The molecule has 20 heavy (non-hydrogen) atoms. The summed E-state index contributed by atoms with van der Waals surface area (Å²) < 4.78 is 5.21. The summed E-state index contributed by atoms with van der Waals surface area (Å²) in [5.41, 5.74) is 6.31. The SMILES string of the molecule is CSc1ccc(N2CC(c3nnc(N)o3)CC2=O)cc1. The topological polar surface area (TPSA) is 85.2 Å². The Morgan fingerprint density at radius 3 is 2.70 bits per heavy atom. The minimum absolute atomic E-state index is 0.0372. The van der Waals surface area contributed by atoms with E-state index in [4.69, 9.17) is 10.2 Å². The minimum Gasteiger partial charge on any atom is -0.408 e. The maximum Gasteiger partial charge on any atom is 0.312 e. The summed E-state index contributed by atoms with van der Waals surface area (Å²) in [6, 6.07) is 7.95. The van der Waals surface area contributed by atoms with Gasteiger partial charge >= 0.3 is 6.01 Å². The molecule has 0 aliphatic carbocycles. The number of carbonyl (C=O) groups is 1. The van der Waals surface area contributed by atoms with E-state index in [9.17, 15) is 4.79 Å². The average molecular weight is 290 g/mol. The summed E-state index contributed by atoms with van der Waals surface area (Å²) in [7, 11) is 0. The molecule has 1 saturated heterocycles. The van der Waals surface area contributed by atoms with Gasteiger partial charge in [-0.25, -0.2) is 0 Å². The standard InChI is InChI=1S/C13H14N4O2S/c1-20-10-4-2-9(3-5-10)17-7-8(6-11(17)18)12-15-16-13(14)19-12/h2-5,8H,6-7H2,1H3,(H2,14,16). The van der Waals surface area contributed by atoms with Crippen LogP contribution in [0.3, 0.4) is 0 Å². The maximum atomic E-state index is 12.1. The first-order valence-corrected chi connectivity index (χ1v) is 7.43. The highest BCUT2D eigenvalue weighted by Gasteiger charge is 2.34. The lowest BCUT2D eigenvalue weighted by Crippen LogP contribution is -2.24. The number of nitrogens with two attached hydrogens (primary N) is 1. The molecule has 0 bridgehead atoms. The quantitative estimate of drug-likeness (QED) is 0.869. The van der Waals surface area contributed by atoms with Gasteiger partial charge in [0.05, 0.1) is 5.92 Å². The van der Waals surface area contributed by atoms with Crippen LogP contribution in [-0.4, -0.2) is 28.9 Å². The molecule has 0 spiro atoms. The molecule has 7 heteroatoms. The molecule has 104 valence electrons. The van der Waals surface area contributed by atoms with Crippen molar-refractivity contribution in [3.05, 3.63) is 30.2 Å². The number of aromatic nitrogens is 2. The summed E-state index contributed by atoms with van der Waals surface area (Å²) in [6.45, 7) is 0.541. The summed E-state index contributed by atoms with van der Waals surface area (Å²) in [6.07, 6.45) is 2.39. The van der Waals surface area contributed by atoms with Crippen LogP contribution in [0.2, 0.25) is 0 Å². The van der Waals surface area contributed by atoms with E-state index in [2.05, 4.69) is 10.2 Å². The fourth-order valence-corrected chi connectivity index (χ4v) is 2.70. The average Bonchev–Trinajstić information content (AvgIpc) is 3.05. The first-order valence-electron chi connectivity index (χ1n) is 6.20. The third kappa shape index (κ3) is 2.36. The summed E-state index contributed by atoms with van der Waals surface area (Å²) in [5.74, 6) is 0.398. The second kappa shape index (κ2) is 5.16. The zero-order valence-corrected chi connectivity index (χ0v) is 11.8. The Morgan fingerprint density at radius 1 is 1.35 bits per heavy atom. The molecule has 2 N–H and O–H groups in total. The summed E-state index contributed by atoms with van der Waals surface area (Å²) >= 11 is 1.67. The van der Waals surface area contributed by atoms with Gasteiger partial charge in [-0.05, 0) is 30.5 Å². The van der Waals surface area contributed by atoms with Crippen LogP contribution in [0.4, 0.5) is 11.7 Å². The Hall–Kier alpha value is -2.02. The van der Waals surface area contributed by atoms with Crippen molar-refractivity contribution in [2.45, 2.75) is 17.2 Å². The lowest BCUT2D eigenvalue weighted by molar-refractivity contribution is -0.117. The van der Waals surface area contributed by atoms with E-state index in [1.807, 2.05) is 30.5 Å². The predicted octanol–water partition coefficient (Wildman–Crippen LogP) is 1.89. The molecule has 1 fully saturated rings. The zero-order valence-electron chi connectivity index (χ0n) is 10.9. The monoisotopic (exact) mass is 290 g/mol. The molecular formula is C13H14N4O2S. The number of nitrogens with zero attached hydrogens (tertiary/aromatic N) is 3. The highest BCUT2D eigenvalue weighted by molar-refractivity contribution is 7.98. The molecule has 1 aliphatic rings. The highest BCUT2D eigenvalue weighted by Crippen LogP contribution is 2.32. The Labute approximate surface area is 120 Å². The van der Waals surface area contributed by atoms with Crippen LogP contribution in [0, 0.1) is 0 Å². The first-order chi connectivity index (χ1) is 9.67. The molecule has 0 saturated carbocycles. The fraction of sp³-hybridized carbons (Fsp3) is 0.308. The van der Waals surface area contributed by atoms with Crippen molar-refractivity contribution in [1.29, 1.82) is 0 Å². The Morgan fingerprint density at radius 2 is 2.10 bits per heavy atom. The summed E-state index contributed by atoms with van der Waals surface area (Å²) in [4.78, 5) is 15.0. The highest BCUT2D eigenvalue weighted by atomic mass is 32.2. The van der Waals surface area contributed by atoms with Gasteiger partial charge in [-0.15, -0.1) is 16.9 Å². The van der Waals surface area contributed by atoms with Crippen LogP contribution >= 0.6 is 11.8 Å². The molecule has 1 amide bonds. The minimum atomic E-state index is -0.0903. The molecule has 0 radical (unpaired) electrons. The largest absolute Gasteiger partial charge is 0.408 e. The van der Waals surface area contributed by atoms with Gasteiger partial charge in [0.15, 0.2) is 0 Å². The van der Waals surface area contributed by atoms with Gasteiger partial charge in [0.25, 0.3) is 0 Å². The number of anilines is 2. The van der Waals surface area contributed by atoms with Gasteiger partial charge in [-0.2, -0.15) is 0 Å². The third-order valence-electron chi connectivity index (χ3n) is 3.31. The Balaban J connectivity index is 1.79. The number of amides is 1. The zero-order chi connectivity index (χ0) is 14.1. The number of hydrogen-bond donors (Lipinski definition) is 1. The van der Waals surface area contributed by atoms with E-state index >= 15 is 0 Å². The number of rotatable bonds is 3. The number of thioether (sulfide) groups is 1. The molecule has 3 rings (SSSR count). The van der Waals surface area contributed by atoms with Crippen LogP contribution in [0.1, 0.15) is 18.2 Å². The Bertz CT molecular complexity index is 626. The van der Waals surface area contributed by atoms with Crippen molar-refractivity contribution < 1.29 is 9.21 Å². The summed E-state index contributed by atoms with van der Waals surface area (Å²) in [5, 5.41) is 7.50. The van der Waals surface area contributed by atoms with Gasteiger partial charge < -0.3 is 15.1 Å². The van der Waals surface area contributed by atoms with Crippen molar-refractivity contribution in [2.75, 3.05) is 23.4 Å². The van der Waals surface area contributed by atoms with Gasteiger partial charge in [-0.1, -0.05) is 5.10 Å². The van der Waals surface area contributed by atoms with Crippen LogP contribution in [0.25, 0.3) is 0 Å². The van der Waals surface area contributed by atoms with Crippen LogP contribution in [-0.2, 0) is 4.79 Å². The van der Waals surface area contributed by atoms with Crippen molar-refractivity contribution in [2.24, 2.45) is 0 Å². The van der Waals surface area contributed by atoms with E-state index in [1.165, 1.54) is 4.90 Å². The molecular weight excluding hydrogens is 276 g/mol. The van der Waals surface area contributed by atoms with Crippen molar-refractivity contribution in [3.63, 3.8) is 0 Å². The van der Waals surface area contributed by atoms with E-state index < -0.39 is 0 Å². The molecule has 1 aliphatic heterocycles. The second-order valence-electron chi connectivity index (χ2n) is 4.58. The number of benzene rings is 1. The van der Waals surface area contributed by atoms with Crippen molar-refractivity contribution in [3.8, 4) is 0 Å². The van der Waals surface area contributed by atoms with Gasteiger partial charge in [-0.3, -0.25) is 4.79 Å². The fourth-order valence-electron chi connectivity index (χ4n) is 2.30.